The van der Waals surface area contributed by atoms with Crippen LogP contribution >= 0.6 is 0 Å². The van der Waals surface area contributed by atoms with E-state index in [0.717, 1.165) is 24.3 Å². The molecule has 2 N–H and O–H groups in total. The second kappa shape index (κ2) is 9.25. The molecule has 1 fully saturated rings. The van der Waals surface area contributed by atoms with Gasteiger partial charge in [0.2, 0.25) is 0 Å². The first-order valence-corrected chi connectivity index (χ1v) is 11.2. The zero-order chi connectivity index (χ0) is 21.8. The van der Waals surface area contributed by atoms with Gasteiger partial charge in [0, 0.05) is 51.5 Å². The molecular weight excluding hydrogens is 419 g/mol. The van der Waals surface area contributed by atoms with Crippen LogP contribution in [0.1, 0.15) is 18.4 Å². The van der Waals surface area contributed by atoms with Crippen LogP contribution in [0.3, 0.4) is 0 Å². The topological polar surface area (TPSA) is 77.0 Å². The molecule has 0 atom stereocenters. The Bertz CT molecular complexity index is 886. The molecule has 0 aromatic heterocycles. The second-order valence-electron chi connectivity index (χ2n) is 7.24. The van der Waals surface area contributed by atoms with Crippen molar-refractivity contribution in [1.82, 2.24) is 14.9 Å². The molecule has 0 bridgehead atoms. The molecule has 0 radical (unpaired) electrons. The molecule has 1 saturated heterocycles. The van der Waals surface area contributed by atoms with Crippen molar-refractivity contribution in [2.75, 3.05) is 38.1 Å². The largest absolute Gasteiger partial charge is 0.511 e. The Morgan fingerprint density at radius 2 is 1.87 bits per heavy atom. The van der Waals surface area contributed by atoms with Gasteiger partial charge in [-0.2, -0.15) is 17.5 Å². The molecule has 3 rings (SSSR count). The quantitative estimate of drug-likeness (QED) is 0.412. The van der Waals surface area contributed by atoms with Crippen molar-refractivity contribution in [1.29, 1.82) is 0 Å². The Labute approximate surface area is 174 Å². The molecule has 2 heterocycles. The molecule has 166 valence electrons. The number of hydrogen-bond acceptors (Lipinski definition) is 4. The Morgan fingerprint density at radius 3 is 2.47 bits per heavy atom. The van der Waals surface area contributed by atoms with Gasteiger partial charge in [-0.05, 0) is 30.5 Å². The third-order valence-corrected chi connectivity index (χ3v) is 6.83. The number of nitrogens with one attached hydrogen (secondary N) is 2. The Balaban J connectivity index is 1.50. The number of nitrogens with zero attached hydrogens (tertiary/aromatic N) is 3. The molecule has 0 aliphatic carbocycles. The smallest absolute Gasteiger partial charge is 0.364 e. The van der Waals surface area contributed by atoms with Crippen molar-refractivity contribution >= 4 is 21.7 Å². The van der Waals surface area contributed by atoms with Crippen molar-refractivity contribution in [2.45, 2.75) is 30.9 Å². The number of halogens is 3. The summed E-state index contributed by atoms with van der Waals surface area (Å²) < 4.78 is 61.6. The average molecular weight is 446 g/mol. The third-order valence-electron chi connectivity index (χ3n) is 5.20. The first kappa shape index (κ1) is 22.4. The summed E-state index contributed by atoms with van der Waals surface area (Å²) in [6.07, 6.45) is 4.80. The van der Waals surface area contributed by atoms with Crippen molar-refractivity contribution in [3.8, 4) is 0 Å². The molecule has 30 heavy (non-hydrogen) atoms. The Morgan fingerprint density at radius 1 is 1.20 bits per heavy atom. The highest BCUT2D eigenvalue weighted by atomic mass is 32.2. The van der Waals surface area contributed by atoms with E-state index in [2.05, 4.69) is 44.8 Å². The number of hydrogen-bond donors (Lipinski definition) is 2. The van der Waals surface area contributed by atoms with Crippen LogP contribution in [0.2, 0.25) is 0 Å². The van der Waals surface area contributed by atoms with E-state index < -0.39 is 15.5 Å². The van der Waals surface area contributed by atoms with Crippen LogP contribution < -0.4 is 15.5 Å². The number of rotatable bonds is 5. The van der Waals surface area contributed by atoms with Gasteiger partial charge in [0.1, 0.15) is 0 Å². The summed E-state index contributed by atoms with van der Waals surface area (Å²) in [5, 5.41) is 6.38. The number of piperidine rings is 1. The Hall–Kier alpha value is -2.27. The predicted molar refractivity (Wildman–Crippen MR) is 111 cm³/mol. The van der Waals surface area contributed by atoms with Gasteiger partial charge in [0.15, 0.2) is 5.96 Å². The van der Waals surface area contributed by atoms with Gasteiger partial charge in [-0.15, -0.1) is 0 Å². The first-order chi connectivity index (χ1) is 14.2. The van der Waals surface area contributed by atoms with E-state index >= 15 is 0 Å². The number of alkyl halides is 3. The van der Waals surface area contributed by atoms with Gasteiger partial charge in [0.25, 0.3) is 0 Å². The molecule has 0 amide bonds. The minimum atomic E-state index is -5.26. The summed E-state index contributed by atoms with van der Waals surface area (Å²) in [4.78, 5) is 6.42. The first-order valence-electron chi connectivity index (χ1n) is 9.73. The second-order valence-corrected chi connectivity index (χ2v) is 9.17. The fourth-order valence-electron chi connectivity index (χ4n) is 3.51. The summed E-state index contributed by atoms with van der Waals surface area (Å²) in [7, 11) is -3.65. The zero-order valence-corrected chi connectivity index (χ0v) is 17.5. The van der Waals surface area contributed by atoms with Gasteiger partial charge < -0.3 is 15.5 Å². The van der Waals surface area contributed by atoms with Crippen molar-refractivity contribution in [3.05, 3.63) is 42.0 Å². The van der Waals surface area contributed by atoms with Crippen LogP contribution in [0.25, 0.3) is 0 Å². The molecule has 2 aliphatic heterocycles. The highest BCUT2D eigenvalue weighted by Gasteiger charge is 2.50. The highest BCUT2D eigenvalue weighted by molar-refractivity contribution is 7.90. The SMILES string of the molecule is CN=C(NCc1cccc(N2CC=CC2)c1)NC1CCN(S(=O)(=O)C(F)(F)F)CC1. The fourth-order valence-corrected chi connectivity index (χ4v) is 4.50. The summed E-state index contributed by atoms with van der Waals surface area (Å²) in [5.74, 6) is 0.528. The lowest BCUT2D eigenvalue weighted by atomic mass is 10.1. The van der Waals surface area contributed by atoms with E-state index in [-0.39, 0.29) is 32.0 Å². The van der Waals surface area contributed by atoms with E-state index in [1.54, 1.807) is 7.05 Å². The molecule has 0 saturated carbocycles. The van der Waals surface area contributed by atoms with E-state index in [0.29, 0.717) is 16.8 Å². The number of guanidine groups is 1. The number of benzene rings is 1. The van der Waals surface area contributed by atoms with Crippen LogP contribution in [0.15, 0.2) is 41.4 Å². The zero-order valence-electron chi connectivity index (χ0n) is 16.7. The molecule has 1 aromatic rings. The standard InChI is InChI=1S/C19H26F3N5O2S/c1-23-18(24-14-15-5-4-6-17(13-15)26-9-2-3-10-26)25-16-7-11-27(12-8-16)30(28,29)19(20,21)22/h2-6,13,16H,7-12,14H2,1H3,(H2,23,24,25). The molecule has 7 nitrogen and oxygen atoms in total. The van der Waals surface area contributed by atoms with E-state index in [4.69, 9.17) is 0 Å². The van der Waals surface area contributed by atoms with Crippen LogP contribution in [-0.2, 0) is 16.6 Å². The maximum Gasteiger partial charge on any atom is 0.511 e. The lowest BCUT2D eigenvalue weighted by Crippen LogP contribution is -2.51. The van der Waals surface area contributed by atoms with Gasteiger partial charge in [-0.25, -0.2) is 8.42 Å². The minimum Gasteiger partial charge on any atom is -0.364 e. The Kier molecular flexibility index (Phi) is 6.91. The van der Waals surface area contributed by atoms with E-state index in [1.165, 1.54) is 0 Å². The normalized spacial score (nSPS) is 19.3. The van der Waals surface area contributed by atoms with Crippen LogP contribution in [0.4, 0.5) is 18.9 Å². The maximum absolute atomic E-state index is 12.7. The van der Waals surface area contributed by atoms with Gasteiger partial charge in [-0.1, -0.05) is 24.3 Å². The van der Waals surface area contributed by atoms with Crippen LogP contribution in [-0.4, -0.2) is 63.5 Å². The van der Waals surface area contributed by atoms with Crippen molar-refractivity contribution in [3.63, 3.8) is 0 Å². The summed E-state index contributed by atoms with van der Waals surface area (Å²) in [5.41, 5.74) is -3.04. The fraction of sp³-hybridized carbons (Fsp3) is 0.526. The molecule has 0 spiro atoms. The molecule has 2 aliphatic rings. The van der Waals surface area contributed by atoms with Crippen LogP contribution in [0.5, 0.6) is 0 Å². The monoisotopic (exact) mass is 445 g/mol. The highest BCUT2D eigenvalue weighted by Crippen LogP contribution is 2.29. The van der Waals surface area contributed by atoms with Crippen molar-refractivity contribution in [2.24, 2.45) is 4.99 Å². The third kappa shape index (κ3) is 5.25. The minimum absolute atomic E-state index is 0.155. The average Bonchev–Trinajstić information content (AvgIpc) is 3.26. The summed E-state index contributed by atoms with van der Waals surface area (Å²) in [6.45, 7) is 1.96. The molecule has 0 unspecified atom stereocenters. The van der Waals surface area contributed by atoms with Gasteiger partial charge in [0.05, 0.1) is 0 Å². The van der Waals surface area contributed by atoms with Crippen molar-refractivity contribution < 1.29 is 21.6 Å². The lowest BCUT2D eigenvalue weighted by Gasteiger charge is -2.32. The molecule has 1 aromatic carbocycles. The number of anilines is 1. The van der Waals surface area contributed by atoms with E-state index in [1.807, 2.05) is 12.1 Å². The summed E-state index contributed by atoms with van der Waals surface area (Å²) >= 11 is 0. The van der Waals surface area contributed by atoms with Crippen LogP contribution in [0, 0.1) is 0 Å². The number of aliphatic imine (C=N–C) groups is 1. The molecule has 11 heteroatoms. The molecular formula is C19H26F3N5O2S. The van der Waals surface area contributed by atoms with Gasteiger partial charge in [-0.3, -0.25) is 4.99 Å². The predicted octanol–water partition coefficient (Wildman–Crippen LogP) is 2.04. The lowest BCUT2D eigenvalue weighted by molar-refractivity contribution is -0.0494. The summed E-state index contributed by atoms with van der Waals surface area (Å²) in [6, 6.07) is 8.02. The van der Waals surface area contributed by atoms with E-state index in [9.17, 15) is 21.6 Å². The van der Waals surface area contributed by atoms with Gasteiger partial charge >= 0.3 is 15.5 Å². The number of sulfonamides is 1. The maximum atomic E-state index is 12.7.